The van der Waals surface area contributed by atoms with Crippen LogP contribution in [0.2, 0.25) is 0 Å². The first-order valence-electron chi connectivity index (χ1n) is 12.7. The van der Waals surface area contributed by atoms with Crippen molar-refractivity contribution >= 4 is 26.5 Å². The molecule has 1 aliphatic carbocycles. The maximum absolute atomic E-state index is 13.3. The van der Waals surface area contributed by atoms with Crippen molar-refractivity contribution in [3.63, 3.8) is 0 Å². The van der Waals surface area contributed by atoms with Gasteiger partial charge in [-0.1, -0.05) is 87.1 Å². The fourth-order valence-corrected chi connectivity index (χ4v) is 15.0. The van der Waals surface area contributed by atoms with E-state index < -0.39 is 39.3 Å². The van der Waals surface area contributed by atoms with E-state index in [0.717, 1.165) is 54.1 Å². The van der Waals surface area contributed by atoms with E-state index in [4.69, 9.17) is 0 Å². The fraction of sp³-hybridized carbons (Fsp3) is 0.586. The third-order valence-corrected chi connectivity index (χ3v) is 14.4. The third kappa shape index (κ3) is 7.10. The largest absolute Gasteiger partial charge is 0.416 e. The summed E-state index contributed by atoms with van der Waals surface area (Å²) >= 11 is 0. The number of benzene rings is 2. The lowest BCUT2D eigenvalue weighted by Gasteiger charge is -2.49. The molecule has 0 radical (unpaired) electrons. The van der Waals surface area contributed by atoms with Crippen molar-refractivity contribution < 1.29 is 26.3 Å². The zero-order valence-electron chi connectivity index (χ0n) is 22.6. The second-order valence-electron chi connectivity index (χ2n) is 12.1. The second kappa shape index (κ2) is 10.8. The van der Waals surface area contributed by atoms with Crippen molar-refractivity contribution in [1.82, 2.24) is 0 Å². The quantitative estimate of drug-likeness (QED) is 0.251. The molecule has 3 rings (SSSR count). The highest BCUT2D eigenvalue weighted by Gasteiger charge is 2.46. The summed E-state index contributed by atoms with van der Waals surface area (Å²) in [7, 11) is -1.57. The summed E-state index contributed by atoms with van der Waals surface area (Å²) in [6.45, 7) is 16.1. The molecule has 0 heterocycles. The molecule has 37 heavy (non-hydrogen) atoms. The van der Waals surface area contributed by atoms with Gasteiger partial charge in [0.05, 0.1) is 11.1 Å². The van der Waals surface area contributed by atoms with Crippen LogP contribution in [-0.4, -0.2) is 21.6 Å². The third-order valence-electron chi connectivity index (χ3n) is 7.28. The van der Waals surface area contributed by atoms with Crippen LogP contribution >= 0.6 is 15.8 Å². The molecule has 0 bridgehead atoms. The Hall–Kier alpha value is -1.12. The molecule has 3 atom stereocenters. The lowest BCUT2D eigenvalue weighted by molar-refractivity contribution is -0.138. The number of rotatable bonds is 5. The molecule has 1 saturated carbocycles. The van der Waals surface area contributed by atoms with E-state index in [9.17, 15) is 26.3 Å². The van der Waals surface area contributed by atoms with Crippen LogP contribution in [-0.2, 0) is 12.4 Å². The van der Waals surface area contributed by atoms with Crippen molar-refractivity contribution in [2.75, 3.05) is 0 Å². The SMILES string of the molecule is C[C@H](C1CCCC1P(c1ccc(C(F)(F)F)cc1)c1ccc(C(F)(F)F)cc1)P(C(C)(C)C)C(C)(C)C. The molecule has 8 heteroatoms. The van der Waals surface area contributed by atoms with Crippen LogP contribution in [0.1, 0.15) is 78.9 Å². The Kier molecular flexibility index (Phi) is 8.88. The Labute approximate surface area is 220 Å². The maximum atomic E-state index is 13.3. The van der Waals surface area contributed by atoms with Gasteiger partial charge in [-0.25, -0.2) is 0 Å². The summed E-state index contributed by atoms with van der Waals surface area (Å²) in [4.78, 5) is 0. The standard InChI is InChI=1S/C29H38F6P2/c1-19(37(26(2,3)4)27(5,6)7)24-9-8-10-25(24)36(22-15-11-20(12-16-22)28(30,31)32)23-17-13-21(14-18-23)29(33,34)35/h11-19,24-25H,8-10H2,1-7H3/t19-,24?,25?/m1/s1. The van der Waals surface area contributed by atoms with Gasteiger partial charge >= 0.3 is 12.4 Å². The van der Waals surface area contributed by atoms with Crippen LogP contribution < -0.4 is 10.6 Å². The van der Waals surface area contributed by atoms with Crippen molar-refractivity contribution in [1.29, 1.82) is 0 Å². The van der Waals surface area contributed by atoms with Gasteiger partial charge in [0.25, 0.3) is 0 Å². The molecule has 0 amide bonds. The average Bonchev–Trinajstić information content (AvgIpc) is 3.21. The monoisotopic (exact) mass is 562 g/mol. The molecular formula is C29H38F6P2. The molecule has 206 valence electrons. The van der Waals surface area contributed by atoms with Crippen molar-refractivity contribution in [2.45, 2.75) is 102 Å². The van der Waals surface area contributed by atoms with E-state index in [-0.39, 0.29) is 16.0 Å². The summed E-state index contributed by atoms with van der Waals surface area (Å²) in [6.07, 6.45) is -5.88. The molecule has 2 aromatic rings. The van der Waals surface area contributed by atoms with E-state index in [1.165, 1.54) is 0 Å². The minimum Gasteiger partial charge on any atom is -0.166 e. The van der Waals surface area contributed by atoms with Gasteiger partial charge < -0.3 is 0 Å². The average molecular weight is 563 g/mol. The fourth-order valence-electron chi connectivity index (χ4n) is 6.43. The van der Waals surface area contributed by atoms with Gasteiger partial charge in [-0.2, -0.15) is 26.3 Å². The molecule has 0 aliphatic heterocycles. The predicted octanol–water partition coefficient (Wildman–Crippen LogP) is 9.79. The highest BCUT2D eigenvalue weighted by molar-refractivity contribution is 7.73. The zero-order valence-corrected chi connectivity index (χ0v) is 24.4. The van der Waals surface area contributed by atoms with Crippen molar-refractivity contribution in [3.05, 3.63) is 59.7 Å². The van der Waals surface area contributed by atoms with Gasteiger partial charge in [0.1, 0.15) is 0 Å². The Morgan fingerprint density at radius 2 is 1.03 bits per heavy atom. The number of halogens is 6. The maximum Gasteiger partial charge on any atom is 0.416 e. The van der Waals surface area contributed by atoms with Crippen LogP contribution in [0.25, 0.3) is 0 Å². The Bertz CT molecular complexity index is 956. The molecule has 0 nitrogen and oxygen atoms in total. The normalized spacial score (nSPS) is 20.6. The van der Waals surface area contributed by atoms with E-state index >= 15 is 0 Å². The second-order valence-corrected chi connectivity index (χ2v) is 18.7. The molecular weight excluding hydrogens is 524 g/mol. The van der Waals surface area contributed by atoms with E-state index in [2.05, 4.69) is 48.5 Å². The van der Waals surface area contributed by atoms with E-state index in [1.54, 1.807) is 24.3 Å². The number of hydrogen-bond acceptors (Lipinski definition) is 0. The van der Waals surface area contributed by atoms with Gasteiger partial charge in [0.2, 0.25) is 0 Å². The highest BCUT2D eigenvalue weighted by atomic mass is 31.1. The molecule has 0 saturated heterocycles. The minimum atomic E-state index is -4.44. The minimum absolute atomic E-state index is 0.117. The van der Waals surface area contributed by atoms with Crippen LogP contribution in [0.4, 0.5) is 26.3 Å². The predicted molar refractivity (Wildman–Crippen MR) is 146 cm³/mol. The van der Waals surface area contributed by atoms with Gasteiger partial charge in [-0.15, -0.1) is 0 Å². The van der Waals surface area contributed by atoms with Gasteiger partial charge in [-0.3, -0.25) is 0 Å². The van der Waals surface area contributed by atoms with E-state index in [0.29, 0.717) is 11.6 Å². The van der Waals surface area contributed by atoms with Crippen LogP contribution in [0.15, 0.2) is 48.5 Å². The first-order valence-corrected chi connectivity index (χ1v) is 15.6. The number of alkyl halides is 6. The Morgan fingerprint density at radius 3 is 1.35 bits per heavy atom. The zero-order chi connectivity index (χ0) is 28.0. The summed E-state index contributed by atoms with van der Waals surface area (Å²) < 4.78 is 79.7. The molecule has 1 fully saturated rings. The summed E-state index contributed by atoms with van der Waals surface area (Å²) in [5, 5.41) is 1.82. The molecule has 0 spiro atoms. The van der Waals surface area contributed by atoms with Crippen LogP contribution in [0, 0.1) is 5.92 Å². The highest BCUT2D eigenvalue weighted by Crippen LogP contribution is 2.67. The van der Waals surface area contributed by atoms with Crippen LogP contribution in [0.3, 0.4) is 0 Å². The molecule has 2 unspecified atom stereocenters. The van der Waals surface area contributed by atoms with Gasteiger partial charge in [-0.05, 0) is 83.2 Å². The Balaban J connectivity index is 2.09. The first-order chi connectivity index (χ1) is 16.8. The molecule has 1 aliphatic rings. The smallest absolute Gasteiger partial charge is 0.166 e. The summed E-state index contributed by atoms with van der Waals surface area (Å²) in [6, 6.07) is 10.6. The lowest BCUT2D eigenvalue weighted by atomic mass is 10.0. The van der Waals surface area contributed by atoms with Gasteiger partial charge in [0.15, 0.2) is 0 Å². The Morgan fingerprint density at radius 1 is 0.649 bits per heavy atom. The summed E-state index contributed by atoms with van der Waals surface area (Å²) in [5.41, 5.74) is -0.803. The van der Waals surface area contributed by atoms with Gasteiger partial charge in [0, 0.05) is 0 Å². The first kappa shape index (κ1) is 30.4. The van der Waals surface area contributed by atoms with E-state index in [1.807, 2.05) is 0 Å². The van der Waals surface area contributed by atoms with Crippen LogP contribution in [0.5, 0.6) is 0 Å². The van der Waals surface area contributed by atoms with Crippen molar-refractivity contribution in [2.24, 2.45) is 5.92 Å². The lowest BCUT2D eigenvalue weighted by Crippen LogP contribution is -2.37. The topological polar surface area (TPSA) is 0 Å². The molecule has 0 N–H and O–H groups in total. The molecule has 2 aromatic carbocycles. The summed E-state index contributed by atoms with van der Waals surface area (Å²) in [5.74, 6) is 0.361. The molecule has 0 aromatic heterocycles. The number of hydrogen-bond donors (Lipinski definition) is 0. The van der Waals surface area contributed by atoms with Crippen molar-refractivity contribution in [3.8, 4) is 0 Å².